The van der Waals surface area contributed by atoms with Crippen LogP contribution in [-0.4, -0.2) is 22.4 Å². The van der Waals surface area contributed by atoms with E-state index in [0.717, 1.165) is 11.8 Å². The molecule has 0 unspecified atom stereocenters. The third-order valence-corrected chi connectivity index (χ3v) is 5.22. The molecule has 1 aliphatic rings. The summed E-state index contributed by atoms with van der Waals surface area (Å²) in [7, 11) is 1.51. The lowest BCUT2D eigenvalue weighted by Crippen LogP contribution is -2.17. The highest BCUT2D eigenvalue weighted by Gasteiger charge is 2.23. The van der Waals surface area contributed by atoms with Crippen molar-refractivity contribution >= 4 is 63.5 Å². The van der Waals surface area contributed by atoms with E-state index in [4.69, 9.17) is 40.2 Å². The second kappa shape index (κ2) is 7.25. The van der Waals surface area contributed by atoms with Crippen molar-refractivity contribution in [3.05, 3.63) is 50.8 Å². The van der Waals surface area contributed by atoms with Crippen LogP contribution in [0.5, 0.6) is 11.5 Å². The molecule has 0 aromatic heterocycles. The molecule has 3 rings (SSSR count). The highest BCUT2D eigenvalue weighted by Crippen LogP contribution is 2.42. The van der Waals surface area contributed by atoms with E-state index < -0.39 is 0 Å². The lowest BCUT2D eigenvalue weighted by atomic mass is 10.00. The summed E-state index contributed by atoms with van der Waals surface area (Å²) >= 11 is 18.4. The molecule has 0 atom stereocenters. The molecule has 1 heterocycles. The number of carbonyl (C=O) groups excluding carboxylic acids is 1. The fourth-order valence-electron chi connectivity index (χ4n) is 2.33. The van der Waals surface area contributed by atoms with E-state index in [0.29, 0.717) is 41.7 Å². The number of carbonyl (C=O) groups is 1. The van der Waals surface area contributed by atoms with Crippen LogP contribution in [0.3, 0.4) is 0 Å². The highest BCUT2D eigenvalue weighted by molar-refractivity contribution is 8.26. The molecule has 2 N–H and O–H groups in total. The van der Waals surface area contributed by atoms with Gasteiger partial charge in [0.15, 0.2) is 0 Å². The number of rotatable bonds is 3. The van der Waals surface area contributed by atoms with Gasteiger partial charge in [0.25, 0.3) is 5.91 Å². The van der Waals surface area contributed by atoms with E-state index in [1.54, 1.807) is 36.4 Å². The number of halogens is 2. The average Bonchev–Trinajstić information content (AvgIpc) is 2.89. The van der Waals surface area contributed by atoms with Crippen LogP contribution in [0, 0.1) is 0 Å². The van der Waals surface area contributed by atoms with Crippen LogP contribution in [0.25, 0.3) is 17.2 Å². The zero-order chi connectivity index (χ0) is 18.1. The van der Waals surface area contributed by atoms with Crippen LogP contribution >= 0.6 is 47.2 Å². The molecule has 1 saturated heterocycles. The first kappa shape index (κ1) is 18.1. The molecule has 0 aliphatic carbocycles. The Morgan fingerprint density at radius 1 is 1.24 bits per heavy atom. The maximum Gasteiger partial charge on any atom is 0.263 e. The summed E-state index contributed by atoms with van der Waals surface area (Å²) in [5.74, 6) is 0.157. The second-order valence-electron chi connectivity index (χ2n) is 5.09. The zero-order valence-electron chi connectivity index (χ0n) is 12.8. The van der Waals surface area contributed by atoms with Gasteiger partial charge in [-0.1, -0.05) is 47.2 Å². The van der Waals surface area contributed by atoms with Crippen LogP contribution in [0.4, 0.5) is 0 Å². The Kier molecular flexibility index (Phi) is 5.24. The molecule has 2 aromatic carbocycles. The average molecular weight is 412 g/mol. The number of benzene rings is 2. The van der Waals surface area contributed by atoms with Crippen LogP contribution in [-0.2, 0) is 4.79 Å². The van der Waals surface area contributed by atoms with E-state index in [1.807, 2.05) is 0 Å². The van der Waals surface area contributed by atoms with Crippen LogP contribution in [0.2, 0.25) is 10.0 Å². The largest absolute Gasteiger partial charge is 0.507 e. The van der Waals surface area contributed by atoms with Gasteiger partial charge >= 0.3 is 0 Å². The van der Waals surface area contributed by atoms with E-state index in [-0.39, 0.29) is 11.7 Å². The number of aromatic hydroxyl groups is 1. The molecular formula is C17H11Cl2NO3S2. The normalized spacial score (nSPS) is 15.6. The predicted octanol–water partition coefficient (Wildman–Crippen LogP) is 4.86. The number of hydrogen-bond acceptors (Lipinski definition) is 5. The summed E-state index contributed by atoms with van der Waals surface area (Å²) < 4.78 is 5.68. The summed E-state index contributed by atoms with van der Waals surface area (Å²) in [6.07, 6.45) is 1.55. The monoisotopic (exact) mass is 411 g/mol. The number of phenolic OH excluding ortho intramolecular Hbond substituents is 1. The van der Waals surface area contributed by atoms with E-state index >= 15 is 0 Å². The third kappa shape index (κ3) is 3.77. The van der Waals surface area contributed by atoms with E-state index in [9.17, 15) is 9.90 Å². The molecule has 25 heavy (non-hydrogen) atoms. The van der Waals surface area contributed by atoms with Gasteiger partial charge in [0, 0.05) is 26.7 Å². The molecule has 2 aromatic rings. The van der Waals surface area contributed by atoms with E-state index in [2.05, 4.69) is 5.32 Å². The van der Waals surface area contributed by atoms with Gasteiger partial charge in [0.05, 0.1) is 12.0 Å². The Morgan fingerprint density at radius 3 is 2.64 bits per heavy atom. The molecule has 1 fully saturated rings. The first-order valence-corrected chi connectivity index (χ1v) is 8.98. The lowest BCUT2D eigenvalue weighted by Gasteiger charge is -2.13. The number of thioether (sulfide) groups is 1. The number of thiocarbonyl (C=S) groups is 1. The van der Waals surface area contributed by atoms with Gasteiger partial charge in [-0.25, -0.2) is 0 Å². The van der Waals surface area contributed by atoms with Crippen molar-refractivity contribution in [1.29, 1.82) is 0 Å². The molecule has 0 saturated carbocycles. The minimum Gasteiger partial charge on any atom is -0.507 e. The summed E-state index contributed by atoms with van der Waals surface area (Å²) in [5, 5.41) is 14.2. The summed E-state index contributed by atoms with van der Waals surface area (Å²) in [5.41, 5.74) is 1.42. The Morgan fingerprint density at radius 2 is 2.00 bits per heavy atom. The van der Waals surface area contributed by atoms with Crippen molar-refractivity contribution in [2.24, 2.45) is 0 Å². The quantitative estimate of drug-likeness (QED) is 0.557. The van der Waals surface area contributed by atoms with Gasteiger partial charge in [-0.05, 0) is 36.4 Å². The molecule has 1 aliphatic heterocycles. The van der Waals surface area contributed by atoms with Gasteiger partial charge in [-0.15, -0.1) is 0 Å². The third-order valence-electron chi connectivity index (χ3n) is 3.50. The number of phenols is 1. The molecule has 128 valence electrons. The molecule has 0 spiro atoms. The summed E-state index contributed by atoms with van der Waals surface area (Å²) in [6, 6.07) is 8.24. The molecule has 4 nitrogen and oxygen atoms in total. The molecule has 0 bridgehead atoms. The Bertz CT molecular complexity index is 928. The maximum atomic E-state index is 11.9. The van der Waals surface area contributed by atoms with Crippen molar-refractivity contribution < 1.29 is 14.6 Å². The Labute approximate surface area is 163 Å². The van der Waals surface area contributed by atoms with Crippen molar-refractivity contribution in [3.63, 3.8) is 0 Å². The zero-order valence-corrected chi connectivity index (χ0v) is 15.9. The SMILES string of the molecule is COc1cc(C=C2SC(=S)NC2=O)c(O)c(-c2cc(Cl)ccc2Cl)c1. The first-order valence-electron chi connectivity index (χ1n) is 7.00. The smallest absolute Gasteiger partial charge is 0.263 e. The van der Waals surface area contributed by atoms with Crippen LogP contribution < -0.4 is 10.1 Å². The summed E-state index contributed by atoms with van der Waals surface area (Å²) in [6.45, 7) is 0. The van der Waals surface area contributed by atoms with Gasteiger partial charge in [0.2, 0.25) is 0 Å². The van der Waals surface area contributed by atoms with E-state index in [1.165, 1.54) is 7.11 Å². The fourth-order valence-corrected chi connectivity index (χ4v) is 3.76. The van der Waals surface area contributed by atoms with Gasteiger partial charge in [-0.3, -0.25) is 4.79 Å². The topological polar surface area (TPSA) is 58.6 Å². The molecule has 0 radical (unpaired) electrons. The summed E-state index contributed by atoms with van der Waals surface area (Å²) in [4.78, 5) is 12.3. The number of ether oxygens (including phenoxy) is 1. The van der Waals surface area contributed by atoms with Gasteiger partial charge < -0.3 is 15.2 Å². The van der Waals surface area contributed by atoms with Crippen LogP contribution in [0.15, 0.2) is 35.2 Å². The second-order valence-corrected chi connectivity index (χ2v) is 7.65. The first-order chi connectivity index (χ1) is 11.9. The number of amides is 1. The van der Waals surface area contributed by atoms with Crippen molar-refractivity contribution in [2.45, 2.75) is 0 Å². The minimum absolute atomic E-state index is 0.0383. The highest BCUT2D eigenvalue weighted by atomic mass is 35.5. The number of methoxy groups -OCH3 is 1. The molecule has 8 heteroatoms. The van der Waals surface area contributed by atoms with Crippen molar-refractivity contribution in [2.75, 3.05) is 7.11 Å². The standard InChI is InChI=1S/C17H11Cl2NO3S2/c1-23-10-4-8(5-14-16(22)20-17(24)25-14)15(21)12(7-10)11-6-9(18)2-3-13(11)19/h2-7,21H,1H3,(H,20,22,24). The molecule has 1 amide bonds. The van der Waals surface area contributed by atoms with Crippen molar-refractivity contribution in [1.82, 2.24) is 5.32 Å². The maximum absolute atomic E-state index is 11.9. The Hall–Kier alpha value is -1.73. The fraction of sp³-hybridized carbons (Fsp3) is 0.0588. The van der Waals surface area contributed by atoms with Crippen LogP contribution in [0.1, 0.15) is 5.56 Å². The van der Waals surface area contributed by atoms with Crippen molar-refractivity contribution in [3.8, 4) is 22.6 Å². The Balaban J connectivity index is 2.18. The minimum atomic E-state index is -0.306. The van der Waals surface area contributed by atoms with Gasteiger partial charge in [0.1, 0.15) is 15.8 Å². The lowest BCUT2D eigenvalue weighted by molar-refractivity contribution is -0.115. The number of hydrogen-bond donors (Lipinski definition) is 2. The molecular weight excluding hydrogens is 401 g/mol. The van der Waals surface area contributed by atoms with Gasteiger partial charge in [-0.2, -0.15) is 0 Å². The predicted molar refractivity (Wildman–Crippen MR) is 106 cm³/mol. The number of nitrogens with one attached hydrogen (secondary N) is 1.